The van der Waals surface area contributed by atoms with Crippen LogP contribution in [0.15, 0.2) is 24.3 Å². The first kappa shape index (κ1) is 23.7. The number of aryl methyl sites for hydroxylation is 1. The maximum atomic E-state index is 13.9. The molecule has 192 valence electrons. The third-order valence-corrected chi connectivity index (χ3v) is 8.97. The standard InChI is InChI=1S/C28H32F3N3O2/c1-26(12-13-26)24(35)18-15-27(16-18)19-7-2-4-9-21(19)34(25(27)36)17-23-32-20-8-3-5-10-22(20)33(23)14-6-11-28(29,30)31/h2,4,7,9,18H,3,5-6,8,10-17H2,1H3. The maximum absolute atomic E-state index is 13.9. The fourth-order valence-electron chi connectivity index (χ4n) is 6.66. The first-order valence-corrected chi connectivity index (χ1v) is 13.2. The van der Waals surface area contributed by atoms with E-state index >= 15 is 0 Å². The highest BCUT2D eigenvalue weighted by molar-refractivity contribution is 6.10. The molecule has 0 atom stereocenters. The van der Waals surface area contributed by atoms with Crippen molar-refractivity contribution in [1.82, 2.24) is 9.55 Å². The number of fused-ring (bicyclic) bond motifs is 3. The fraction of sp³-hybridized carbons (Fsp3) is 0.607. The van der Waals surface area contributed by atoms with Crippen molar-refractivity contribution < 1.29 is 22.8 Å². The number of aromatic nitrogens is 2. The smallest absolute Gasteiger partial charge is 0.330 e. The van der Waals surface area contributed by atoms with E-state index in [4.69, 9.17) is 4.98 Å². The minimum Gasteiger partial charge on any atom is -0.330 e. The van der Waals surface area contributed by atoms with Crippen molar-refractivity contribution in [3.63, 3.8) is 0 Å². The Balaban J connectivity index is 1.28. The van der Waals surface area contributed by atoms with E-state index in [2.05, 4.69) is 0 Å². The Kier molecular flexibility index (Phi) is 5.40. The van der Waals surface area contributed by atoms with E-state index in [1.54, 1.807) is 4.90 Å². The van der Waals surface area contributed by atoms with E-state index in [1.807, 2.05) is 35.8 Å². The summed E-state index contributed by atoms with van der Waals surface area (Å²) in [6, 6.07) is 7.78. The number of carbonyl (C=O) groups excluding carboxylic acids is 2. The van der Waals surface area contributed by atoms with Gasteiger partial charge in [0.2, 0.25) is 5.91 Å². The van der Waals surface area contributed by atoms with Gasteiger partial charge >= 0.3 is 6.18 Å². The molecular weight excluding hydrogens is 467 g/mol. The topological polar surface area (TPSA) is 55.2 Å². The number of benzene rings is 1. The van der Waals surface area contributed by atoms with Gasteiger partial charge in [0.15, 0.2) is 0 Å². The summed E-state index contributed by atoms with van der Waals surface area (Å²) < 4.78 is 40.5. The zero-order valence-electron chi connectivity index (χ0n) is 20.7. The third kappa shape index (κ3) is 3.79. The molecule has 1 spiro atoms. The molecule has 6 rings (SSSR count). The fourth-order valence-corrected chi connectivity index (χ4v) is 6.66. The average Bonchev–Trinajstić information content (AvgIpc) is 3.40. The number of hydrogen-bond acceptors (Lipinski definition) is 3. The molecule has 36 heavy (non-hydrogen) atoms. The van der Waals surface area contributed by atoms with Gasteiger partial charge in [-0.1, -0.05) is 25.1 Å². The van der Waals surface area contributed by atoms with Crippen LogP contribution in [0.4, 0.5) is 18.9 Å². The Morgan fingerprint density at radius 1 is 1.14 bits per heavy atom. The highest BCUT2D eigenvalue weighted by Crippen LogP contribution is 2.60. The monoisotopic (exact) mass is 499 g/mol. The van der Waals surface area contributed by atoms with E-state index in [0.29, 0.717) is 24.4 Å². The van der Waals surface area contributed by atoms with Crippen molar-refractivity contribution >= 4 is 17.4 Å². The second-order valence-electron chi connectivity index (χ2n) is 11.5. The molecule has 0 radical (unpaired) electrons. The van der Waals surface area contributed by atoms with Gasteiger partial charge in [0.25, 0.3) is 0 Å². The van der Waals surface area contributed by atoms with Gasteiger partial charge in [0.1, 0.15) is 11.6 Å². The number of imidazole rings is 1. The molecule has 1 aromatic heterocycles. The van der Waals surface area contributed by atoms with E-state index < -0.39 is 18.0 Å². The van der Waals surface area contributed by atoms with Gasteiger partial charge in [-0.25, -0.2) is 4.98 Å². The zero-order valence-corrected chi connectivity index (χ0v) is 20.7. The van der Waals surface area contributed by atoms with Crippen molar-refractivity contribution in [2.75, 3.05) is 4.90 Å². The Morgan fingerprint density at radius 3 is 2.58 bits per heavy atom. The van der Waals surface area contributed by atoms with Crippen molar-refractivity contribution in [1.29, 1.82) is 0 Å². The molecule has 1 aliphatic heterocycles. The van der Waals surface area contributed by atoms with Crippen LogP contribution in [-0.2, 0) is 40.9 Å². The van der Waals surface area contributed by atoms with Crippen LogP contribution in [0.3, 0.4) is 0 Å². The highest BCUT2D eigenvalue weighted by Gasteiger charge is 2.62. The minimum atomic E-state index is -4.19. The van der Waals surface area contributed by atoms with Gasteiger partial charge in [0, 0.05) is 35.7 Å². The molecule has 1 amide bonds. The first-order valence-electron chi connectivity index (χ1n) is 13.2. The van der Waals surface area contributed by atoms with Crippen LogP contribution in [0.5, 0.6) is 0 Å². The second-order valence-corrected chi connectivity index (χ2v) is 11.5. The second kappa shape index (κ2) is 8.18. The molecule has 0 saturated heterocycles. The quantitative estimate of drug-likeness (QED) is 0.493. The summed E-state index contributed by atoms with van der Waals surface area (Å²) in [7, 11) is 0. The lowest BCUT2D eigenvalue weighted by Crippen LogP contribution is -2.52. The van der Waals surface area contributed by atoms with Gasteiger partial charge < -0.3 is 9.47 Å². The predicted molar refractivity (Wildman–Crippen MR) is 129 cm³/mol. The molecule has 2 saturated carbocycles. The van der Waals surface area contributed by atoms with Crippen molar-refractivity contribution in [2.45, 2.75) is 95.8 Å². The first-order chi connectivity index (χ1) is 17.1. The van der Waals surface area contributed by atoms with Crippen LogP contribution >= 0.6 is 0 Å². The number of hydrogen-bond donors (Lipinski definition) is 0. The molecule has 8 heteroatoms. The van der Waals surface area contributed by atoms with Gasteiger partial charge in [-0.2, -0.15) is 13.2 Å². The van der Waals surface area contributed by atoms with Gasteiger partial charge in [-0.05, 0) is 69.4 Å². The summed E-state index contributed by atoms with van der Waals surface area (Å²) in [6.45, 7) is 2.52. The third-order valence-electron chi connectivity index (χ3n) is 8.97. The lowest BCUT2D eigenvalue weighted by molar-refractivity contribution is -0.138. The van der Waals surface area contributed by atoms with E-state index in [0.717, 1.165) is 61.2 Å². The van der Waals surface area contributed by atoms with Gasteiger partial charge in [-0.3, -0.25) is 9.59 Å². The molecule has 3 aliphatic carbocycles. The number of anilines is 1. The average molecular weight is 500 g/mol. The number of ketones is 1. The van der Waals surface area contributed by atoms with E-state index in [1.165, 1.54) is 0 Å². The normalized spacial score (nSPS) is 26.1. The van der Waals surface area contributed by atoms with Crippen LogP contribution in [-0.4, -0.2) is 27.4 Å². The number of carbonyl (C=O) groups is 2. The molecule has 1 aromatic carbocycles. The van der Waals surface area contributed by atoms with Crippen molar-refractivity contribution in [3.8, 4) is 0 Å². The van der Waals surface area contributed by atoms with Gasteiger partial charge in [-0.15, -0.1) is 0 Å². The Labute approximate surface area is 209 Å². The number of halogens is 3. The molecule has 0 N–H and O–H groups in total. The number of rotatable bonds is 7. The number of alkyl halides is 3. The van der Waals surface area contributed by atoms with Crippen LogP contribution in [0.25, 0.3) is 0 Å². The zero-order chi connectivity index (χ0) is 25.3. The van der Waals surface area contributed by atoms with Crippen LogP contribution in [0.2, 0.25) is 0 Å². The van der Waals surface area contributed by atoms with Crippen LogP contribution in [0, 0.1) is 11.3 Å². The molecule has 2 fully saturated rings. The Bertz CT molecular complexity index is 1220. The summed E-state index contributed by atoms with van der Waals surface area (Å²) in [5.74, 6) is 0.883. The molecule has 0 unspecified atom stereocenters. The number of Topliss-reactive ketones (excluding diaryl/α,β-unsaturated/α-hetero) is 1. The predicted octanol–water partition coefficient (Wildman–Crippen LogP) is 5.67. The summed E-state index contributed by atoms with van der Waals surface area (Å²) in [6.07, 6.45) is 1.60. The maximum Gasteiger partial charge on any atom is 0.389 e. The lowest BCUT2D eigenvalue weighted by atomic mass is 9.56. The number of amides is 1. The Hall–Kier alpha value is -2.64. The van der Waals surface area contributed by atoms with E-state index in [9.17, 15) is 22.8 Å². The molecule has 2 heterocycles. The molecule has 5 nitrogen and oxygen atoms in total. The van der Waals surface area contributed by atoms with Crippen LogP contribution in [0.1, 0.15) is 81.1 Å². The number of nitrogens with zero attached hydrogens (tertiary/aromatic N) is 3. The summed E-state index contributed by atoms with van der Waals surface area (Å²) in [5, 5.41) is 0. The molecular formula is C28H32F3N3O2. The Morgan fingerprint density at radius 2 is 1.86 bits per heavy atom. The summed E-state index contributed by atoms with van der Waals surface area (Å²) in [4.78, 5) is 33.5. The minimum absolute atomic E-state index is 0.00323. The highest BCUT2D eigenvalue weighted by atomic mass is 19.4. The molecule has 2 aromatic rings. The molecule has 4 aliphatic rings. The van der Waals surface area contributed by atoms with Crippen molar-refractivity contribution in [2.24, 2.45) is 11.3 Å². The largest absolute Gasteiger partial charge is 0.389 e. The SMILES string of the molecule is CC1(C(=O)C2CC3(C2)C(=O)N(Cc2nc4c(n2CCCC(F)(F)F)CCCC4)c2ccccc23)CC1. The molecule has 0 bridgehead atoms. The van der Waals surface area contributed by atoms with Gasteiger partial charge in [0.05, 0.1) is 17.7 Å². The van der Waals surface area contributed by atoms with Crippen LogP contribution < -0.4 is 4.90 Å². The number of para-hydroxylation sites is 1. The lowest BCUT2D eigenvalue weighted by Gasteiger charge is -2.44. The summed E-state index contributed by atoms with van der Waals surface area (Å²) >= 11 is 0. The van der Waals surface area contributed by atoms with Crippen molar-refractivity contribution in [3.05, 3.63) is 47.0 Å². The van der Waals surface area contributed by atoms with E-state index in [-0.39, 0.29) is 36.8 Å². The summed E-state index contributed by atoms with van der Waals surface area (Å²) in [5.41, 5.74) is 2.93.